The molecule has 6 nitrogen and oxygen atoms in total. The first-order valence-corrected chi connectivity index (χ1v) is 10.7. The van der Waals surface area contributed by atoms with Gasteiger partial charge in [0, 0.05) is 32.3 Å². The molecule has 0 saturated carbocycles. The number of benzene rings is 2. The Balaban J connectivity index is 1.18. The smallest absolute Gasteiger partial charge is 0.315 e. The normalized spacial score (nSPS) is 14.8. The van der Waals surface area contributed by atoms with Crippen molar-refractivity contribution < 1.29 is 14.0 Å². The van der Waals surface area contributed by atoms with Crippen LogP contribution in [0.1, 0.15) is 24.2 Å². The van der Waals surface area contributed by atoms with Gasteiger partial charge in [-0.25, -0.2) is 4.79 Å². The van der Waals surface area contributed by atoms with Crippen LogP contribution in [0.15, 0.2) is 71.4 Å². The van der Waals surface area contributed by atoms with Crippen molar-refractivity contribution in [1.29, 1.82) is 0 Å². The molecule has 6 heteroatoms. The van der Waals surface area contributed by atoms with Gasteiger partial charge >= 0.3 is 6.03 Å². The second-order valence-electron chi connectivity index (χ2n) is 7.82. The first-order chi connectivity index (χ1) is 15.2. The van der Waals surface area contributed by atoms with Gasteiger partial charge in [-0.15, -0.1) is 0 Å². The van der Waals surface area contributed by atoms with Crippen LogP contribution >= 0.6 is 0 Å². The minimum absolute atomic E-state index is 0.00404. The number of hydrogen-bond acceptors (Lipinski definition) is 3. The van der Waals surface area contributed by atoms with Gasteiger partial charge in [0.25, 0.3) is 0 Å². The van der Waals surface area contributed by atoms with E-state index in [9.17, 15) is 9.59 Å². The Kier molecular flexibility index (Phi) is 6.67. The summed E-state index contributed by atoms with van der Waals surface area (Å²) in [4.78, 5) is 26.4. The molecule has 1 aromatic heterocycles. The molecule has 2 N–H and O–H groups in total. The standard InChI is InChI=1S/C25H27N3O3/c29-24(11-10-22-8-4-16-31-22)28-14-12-19(13-15-28)17-26-25(30)27-18-21-7-3-6-20-5-1-2-9-23(20)21/h1-11,16,19H,12-15,17-18H2,(H2,26,27,30)/b11-10+. The minimum atomic E-state index is -0.159. The number of piperidine rings is 1. The number of hydrogen-bond donors (Lipinski definition) is 2. The summed E-state index contributed by atoms with van der Waals surface area (Å²) in [7, 11) is 0. The number of rotatable bonds is 6. The van der Waals surface area contributed by atoms with E-state index in [0.29, 0.717) is 37.9 Å². The third-order valence-corrected chi connectivity index (χ3v) is 5.73. The van der Waals surface area contributed by atoms with Crippen LogP contribution in [-0.2, 0) is 11.3 Å². The van der Waals surface area contributed by atoms with Crippen LogP contribution in [0, 0.1) is 5.92 Å². The molecule has 0 aliphatic carbocycles. The van der Waals surface area contributed by atoms with E-state index in [0.717, 1.165) is 23.8 Å². The topological polar surface area (TPSA) is 74.6 Å². The maximum atomic E-state index is 12.3. The quantitative estimate of drug-likeness (QED) is 0.591. The maximum Gasteiger partial charge on any atom is 0.315 e. The number of nitrogens with zero attached hydrogens (tertiary/aromatic N) is 1. The second kappa shape index (κ2) is 9.98. The van der Waals surface area contributed by atoms with Gasteiger partial charge in [0.05, 0.1) is 6.26 Å². The molecule has 0 unspecified atom stereocenters. The van der Waals surface area contributed by atoms with E-state index in [1.165, 1.54) is 5.39 Å². The molecular formula is C25H27N3O3. The van der Waals surface area contributed by atoms with E-state index in [-0.39, 0.29) is 11.9 Å². The average molecular weight is 418 g/mol. The van der Waals surface area contributed by atoms with E-state index in [4.69, 9.17) is 4.42 Å². The highest BCUT2D eigenvalue weighted by molar-refractivity contribution is 5.91. The van der Waals surface area contributed by atoms with Gasteiger partial charge in [0.1, 0.15) is 5.76 Å². The highest BCUT2D eigenvalue weighted by atomic mass is 16.3. The predicted molar refractivity (Wildman–Crippen MR) is 121 cm³/mol. The van der Waals surface area contributed by atoms with Crippen molar-refractivity contribution in [1.82, 2.24) is 15.5 Å². The third-order valence-electron chi connectivity index (χ3n) is 5.73. The summed E-state index contributed by atoms with van der Waals surface area (Å²) in [6.45, 7) is 2.50. The number of fused-ring (bicyclic) bond motifs is 1. The summed E-state index contributed by atoms with van der Waals surface area (Å²) < 4.78 is 5.21. The highest BCUT2D eigenvalue weighted by Crippen LogP contribution is 2.19. The van der Waals surface area contributed by atoms with Crippen molar-refractivity contribution in [3.05, 3.63) is 78.3 Å². The number of nitrogens with one attached hydrogen (secondary N) is 2. The van der Waals surface area contributed by atoms with Crippen molar-refractivity contribution in [2.45, 2.75) is 19.4 Å². The fourth-order valence-corrected chi connectivity index (χ4v) is 3.92. The van der Waals surface area contributed by atoms with E-state index in [1.54, 1.807) is 24.5 Å². The van der Waals surface area contributed by atoms with Crippen LogP contribution in [0.2, 0.25) is 0 Å². The first kappa shape index (κ1) is 20.7. The van der Waals surface area contributed by atoms with Crippen molar-refractivity contribution >= 4 is 28.8 Å². The fourth-order valence-electron chi connectivity index (χ4n) is 3.92. The van der Waals surface area contributed by atoms with Crippen LogP contribution < -0.4 is 10.6 Å². The zero-order chi connectivity index (χ0) is 21.5. The van der Waals surface area contributed by atoms with E-state index >= 15 is 0 Å². The number of carbonyl (C=O) groups is 2. The lowest BCUT2D eigenvalue weighted by molar-refractivity contribution is -0.127. The second-order valence-corrected chi connectivity index (χ2v) is 7.82. The lowest BCUT2D eigenvalue weighted by Crippen LogP contribution is -2.43. The molecule has 4 rings (SSSR count). The van der Waals surface area contributed by atoms with Crippen LogP contribution in [0.3, 0.4) is 0 Å². The molecule has 31 heavy (non-hydrogen) atoms. The van der Waals surface area contributed by atoms with Gasteiger partial charge in [-0.2, -0.15) is 0 Å². The summed E-state index contributed by atoms with van der Waals surface area (Å²) in [5, 5.41) is 8.26. The molecule has 1 aliphatic rings. The van der Waals surface area contributed by atoms with Gasteiger partial charge in [0.2, 0.25) is 5.91 Å². The fraction of sp³-hybridized carbons (Fsp3) is 0.280. The summed E-state index contributed by atoms with van der Waals surface area (Å²) >= 11 is 0. The Morgan fingerprint density at radius 1 is 1.00 bits per heavy atom. The molecule has 2 heterocycles. The molecular weight excluding hydrogens is 390 g/mol. The maximum absolute atomic E-state index is 12.3. The summed E-state index contributed by atoms with van der Waals surface area (Å²) in [6, 6.07) is 17.7. The first-order valence-electron chi connectivity index (χ1n) is 10.7. The molecule has 0 bridgehead atoms. The summed E-state index contributed by atoms with van der Waals surface area (Å²) in [5.41, 5.74) is 1.10. The molecule has 3 amide bonds. The molecule has 1 aliphatic heterocycles. The zero-order valence-corrected chi connectivity index (χ0v) is 17.4. The van der Waals surface area contributed by atoms with Crippen LogP contribution in [0.25, 0.3) is 16.8 Å². The Labute approximate surface area is 181 Å². The van der Waals surface area contributed by atoms with Gasteiger partial charge in [-0.1, -0.05) is 42.5 Å². The van der Waals surface area contributed by atoms with Crippen LogP contribution in [0.5, 0.6) is 0 Å². The lowest BCUT2D eigenvalue weighted by atomic mass is 9.97. The molecule has 3 aromatic rings. The number of furan rings is 1. The molecule has 2 aromatic carbocycles. The van der Waals surface area contributed by atoms with E-state index in [1.807, 2.05) is 35.2 Å². The molecule has 0 atom stereocenters. The zero-order valence-electron chi connectivity index (χ0n) is 17.4. The minimum Gasteiger partial charge on any atom is -0.465 e. The summed E-state index contributed by atoms with van der Waals surface area (Å²) in [6.07, 6.45) is 6.59. The number of amides is 3. The van der Waals surface area contributed by atoms with Crippen molar-refractivity contribution in [3.63, 3.8) is 0 Å². The van der Waals surface area contributed by atoms with Gasteiger partial charge in [-0.3, -0.25) is 4.79 Å². The predicted octanol–water partition coefficient (Wildman–Crippen LogP) is 4.18. The van der Waals surface area contributed by atoms with Crippen LogP contribution in [-0.4, -0.2) is 36.5 Å². The number of urea groups is 1. The van der Waals surface area contributed by atoms with Crippen molar-refractivity contribution in [2.24, 2.45) is 5.92 Å². The number of likely N-dealkylation sites (tertiary alicyclic amines) is 1. The number of carbonyl (C=O) groups excluding carboxylic acids is 2. The Bertz CT molecular complexity index is 1050. The molecule has 160 valence electrons. The Morgan fingerprint density at radius 2 is 1.81 bits per heavy atom. The molecule has 1 saturated heterocycles. The van der Waals surface area contributed by atoms with Crippen LogP contribution in [0.4, 0.5) is 4.79 Å². The van der Waals surface area contributed by atoms with Crippen molar-refractivity contribution in [3.8, 4) is 0 Å². The van der Waals surface area contributed by atoms with Gasteiger partial charge in [0.15, 0.2) is 0 Å². The third kappa shape index (κ3) is 5.54. The largest absolute Gasteiger partial charge is 0.465 e. The van der Waals surface area contributed by atoms with Crippen molar-refractivity contribution in [2.75, 3.05) is 19.6 Å². The highest BCUT2D eigenvalue weighted by Gasteiger charge is 2.22. The van der Waals surface area contributed by atoms with E-state index < -0.39 is 0 Å². The Hall–Kier alpha value is -3.54. The molecule has 1 fully saturated rings. The van der Waals surface area contributed by atoms with E-state index in [2.05, 4.69) is 28.8 Å². The van der Waals surface area contributed by atoms with Gasteiger partial charge in [-0.05, 0) is 53.3 Å². The lowest BCUT2D eigenvalue weighted by Gasteiger charge is -2.31. The molecule has 0 spiro atoms. The monoisotopic (exact) mass is 417 g/mol. The molecule has 0 radical (unpaired) electrons. The van der Waals surface area contributed by atoms with Gasteiger partial charge < -0.3 is 20.0 Å². The SMILES string of the molecule is O=C(NCc1cccc2ccccc12)NCC1CCN(C(=O)/C=C/c2ccco2)CC1. The summed E-state index contributed by atoms with van der Waals surface area (Å²) in [5.74, 6) is 1.04. The Morgan fingerprint density at radius 3 is 2.61 bits per heavy atom. The average Bonchev–Trinajstić information content (AvgIpc) is 3.34.